The van der Waals surface area contributed by atoms with Crippen molar-refractivity contribution in [3.63, 3.8) is 0 Å². The van der Waals surface area contributed by atoms with Crippen molar-refractivity contribution >= 4 is 10.9 Å². The molecule has 4 nitrogen and oxygen atoms in total. The third-order valence-electron chi connectivity index (χ3n) is 3.53. The van der Waals surface area contributed by atoms with E-state index < -0.39 is 11.6 Å². The number of benzene rings is 1. The molecule has 4 aromatic rings. The van der Waals surface area contributed by atoms with Crippen molar-refractivity contribution in [1.82, 2.24) is 19.7 Å². The Labute approximate surface area is 124 Å². The molecule has 1 N–H and O–H groups in total. The molecule has 108 valence electrons. The molecule has 3 aromatic heterocycles. The van der Waals surface area contributed by atoms with Crippen LogP contribution < -0.4 is 0 Å². The third-order valence-corrected chi connectivity index (χ3v) is 3.53. The van der Waals surface area contributed by atoms with Crippen LogP contribution in [0.4, 0.5) is 8.78 Å². The van der Waals surface area contributed by atoms with Crippen LogP contribution in [0.15, 0.2) is 55.1 Å². The van der Waals surface area contributed by atoms with E-state index in [0.29, 0.717) is 16.6 Å². The fourth-order valence-electron chi connectivity index (χ4n) is 2.51. The average Bonchev–Trinajstić information content (AvgIpc) is 3.15. The molecule has 0 saturated carbocycles. The predicted octanol–water partition coefficient (Wildman–Crippen LogP) is 3.69. The summed E-state index contributed by atoms with van der Waals surface area (Å²) in [5, 5.41) is 4.85. The minimum absolute atomic E-state index is 0.515. The van der Waals surface area contributed by atoms with E-state index in [-0.39, 0.29) is 0 Å². The molecule has 0 amide bonds. The van der Waals surface area contributed by atoms with E-state index in [1.54, 1.807) is 29.5 Å². The van der Waals surface area contributed by atoms with E-state index in [0.717, 1.165) is 17.3 Å². The van der Waals surface area contributed by atoms with Gasteiger partial charge in [0.15, 0.2) is 11.6 Å². The molecule has 0 fully saturated rings. The summed E-state index contributed by atoms with van der Waals surface area (Å²) in [6, 6.07) is 7.90. The van der Waals surface area contributed by atoms with E-state index in [1.165, 1.54) is 6.07 Å². The van der Waals surface area contributed by atoms with Crippen molar-refractivity contribution in [1.29, 1.82) is 0 Å². The lowest BCUT2D eigenvalue weighted by Crippen LogP contribution is -1.98. The summed E-state index contributed by atoms with van der Waals surface area (Å²) in [7, 11) is 0. The Bertz CT molecular complexity index is 957. The zero-order valence-electron chi connectivity index (χ0n) is 11.3. The molecule has 22 heavy (non-hydrogen) atoms. The van der Waals surface area contributed by atoms with Crippen LogP contribution in [0.1, 0.15) is 0 Å². The third kappa shape index (κ3) is 1.88. The molecule has 0 saturated heterocycles. The normalized spacial score (nSPS) is 11.2. The number of H-pyrrole nitrogens is 1. The second-order valence-corrected chi connectivity index (χ2v) is 4.86. The van der Waals surface area contributed by atoms with Crippen molar-refractivity contribution in [2.45, 2.75) is 0 Å². The first-order valence-corrected chi connectivity index (χ1v) is 6.65. The van der Waals surface area contributed by atoms with Crippen molar-refractivity contribution in [3.8, 4) is 16.9 Å². The van der Waals surface area contributed by atoms with Gasteiger partial charge in [-0.3, -0.25) is 4.98 Å². The van der Waals surface area contributed by atoms with Crippen molar-refractivity contribution in [3.05, 3.63) is 66.8 Å². The van der Waals surface area contributed by atoms with E-state index in [4.69, 9.17) is 0 Å². The molecule has 1 aromatic carbocycles. The summed E-state index contributed by atoms with van der Waals surface area (Å²) in [5.41, 5.74) is 2.87. The number of pyridine rings is 1. The number of aromatic nitrogens is 4. The van der Waals surface area contributed by atoms with Gasteiger partial charge >= 0.3 is 0 Å². The SMILES string of the molecule is Fc1cc2[nH]cc(-n3nccc3-c3cccnc3)c2cc1F. The molecule has 0 aliphatic heterocycles. The summed E-state index contributed by atoms with van der Waals surface area (Å²) >= 11 is 0. The van der Waals surface area contributed by atoms with Gasteiger partial charge in [0.05, 0.1) is 23.1 Å². The van der Waals surface area contributed by atoms with Crippen molar-refractivity contribution in [2.75, 3.05) is 0 Å². The van der Waals surface area contributed by atoms with Gasteiger partial charge in [0.25, 0.3) is 0 Å². The zero-order chi connectivity index (χ0) is 15.1. The van der Waals surface area contributed by atoms with E-state index >= 15 is 0 Å². The molecule has 0 aliphatic carbocycles. The Morgan fingerprint density at radius 1 is 1.05 bits per heavy atom. The van der Waals surface area contributed by atoms with Gasteiger partial charge in [-0.15, -0.1) is 0 Å². The van der Waals surface area contributed by atoms with Crippen LogP contribution in [0.3, 0.4) is 0 Å². The molecular weight excluding hydrogens is 286 g/mol. The average molecular weight is 296 g/mol. The number of rotatable bonds is 2. The smallest absolute Gasteiger partial charge is 0.160 e. The maximum Gasteiger partial charge on any atom is 0.160 e. The van der Waals surface area contributed by atoms with Gasteiger partial charge in [-0.1, -0.05) is 0 Å². The van der Waals surface area contributed by atoms with Crippen LogP contribution in [-0.4, -0.2) is 19.7 Å². The first kappa shape index (κ1) is 12.7. The van der Waals surface area contributed by atoms with Gasteiger partial charge in [0.1, 0.15) is 0 Å². The Kier molecular flexibility index (Phi) is 2.75. The topological polar surface area (TPSA) is 46.5 Å². The number of nitrogens with zero attached hydrogens (tertiary/aromatic N) is 3. The summed E-state index contributed by atoms with van der Waals surface area (Å²) in [4.78, 5) is 7.03. The van der Waals surface area contributed by atoms with Gasteiger partial charge in [0, 0.05) is 35.6 Å². The zero-order valence-corrected chi connectivity index (χ0v) is 11.3. The molecule has 0 atom stereocenters. The molecule has 0 spiro atoms. The van der Waals surface area contributed by atoms with Gasteiger partial charge in [-0.25, -0.2) is 13.5 Å². The van der Waals surface area contributed by atoms with Crippen LogP contribution >= 0.6 is 0 Å². The number of halogens is 2. The van der Waals surface area contributed by atoms with Gasteiger partial charge in [-0.05, 0) is 24.3 Å². The Balaban J connectivity index is 1.94. The van der Waals surface area contributed by atoms with Crippen LogP contribution in [0, 0.1) is 11.6 Å². The molecule has 3 heterocycles. The first-order chi connectivity index (χ1) is 10.7. The highest BCUT2D eigenvalue weighted by atomic mass is 19.2. The first-order valence-electron chi connectivity index (χ1n) is 6.65. The molecule has 0 bridgehead atoms. The fourth-order valence-corrected chi connectivity index (χ4v) is 2.51. The number of hydrogen-bond acceptors (Lipinski definition) is 2. The quantitative estimate of drug-likeness (QED) is 0.613. The summed E-state index contributed by atoms with van der Waals surface area (Å²) in [6.07, 6.45) is 6.74. The molecule has 0 aliphatic rings. The number of hydrogen-bond donors (Lipinski definition) is 1. The highest BCUT2D eigenvalue weighted by Crippen LogP contribution is 2.28. The Morgan fingerprint density at radius 3 is 2.73 bits per heavy atom. The minimum atomic E-state index is -0.886. The van der Waals surface area contributed by atoms with Crippen LogP contribution in [-0.2, 0) is 0 Å². The fraction of sp³-hybridized carbons (Fsp3) is 0. The van der Waals surface area contributed by atoms with Crippen LogP contribution in [0.2, 0.25) is 0 Å². The largest absolute Gasteiger partial charge is 0.359 e. The van der Waals surface area contributed by atoms with E-state index in [9.17, 15) is 8.78 Å². The number of fused-ring (bicyclic) bond motifs is 1. The number of nitrogens with one attached hydrogen (secondary N) is 1. The lowest BCUT2D eigenvalue weighted by Gasteiger charge is -2.06. The number of aromatic amines is 1. The lowest BCUT2D eigenvalue weighted by molar-refractivity contribution is 0.511. The molecular formula is C16H10F2N4. The molecule has 6 heteroatoms. The van der Waals surface area contributed by atoms with Gasteiger partial charge < -0.3 is 4.98 Å². The Morgan fingerprint density at radius 2 is 1.91 bits per heavy atom. The monoisotopic (exact) mass is 296 g/mol. The molecule has 0 radical (unpaired) electrons. The summed E-state index contributed by atoms with van der Waals surface area (Å²) in [6.45, 7) is 0. The highest BCUT2D eigenvalue weighted by Gasteiger charge is 2.14. The van der Waals surface area contributed by atoms with Crippen molar-refractivity contribution in [2.24, 2.45) is 0 Å². The lowest BCUT2D eigenvalue weighted by atomic mass is 10.2. The minimum Gasteiger partial charge on any atom is -0.359 e. The second-order valence-electron chi connectivity index (χ2n) is 4.86. The molecule has 0 unspecified atom stereocenters. The van der Waals surface area contributed by atoms with Crippen molar-refractivity contribution < 1.29 is 8.78 Å². The maximum atomic E-state index is 13.5. The van der Waals surface area contributed by atoms with Crippen LogP contribution in [0.5, 0.6) is 0 Å². The summed E-state index contributed by atoms with van der Waals surface area (Å²) < 4.78 is 28.5. The maximum absolute atomic E-state index is 13.5. The predicted molar refractivity (Wildman–Crippen MR) is 78.6 cm³/mol. The van der Waals surface area contributed by atoms with E-state index in [2.05, 4.69) is 15.1 Å². The molecule has 4 rings (SSSR count). The summed E-state index contributed by atoms with van der Waals surface area (Å²) in [5.74, 6) is -1.77. The van der Waals surface area contributed by atoms with Gasteiger partial charge in [-0.2, -0.15) is 5.10 Å². The van der Waals surface area contributed by atoms with Gasteiger partial charge in [0.2, 0.25) is 0 Å². The standard InChI is InChI=1S/C16H10F2N4/c17-12-6-11-14(7-13(12)18)20-9-16(11)22-15(3-5-21-22)10-2-1-4-19-8-10/h1-9,20H. The highest BCUT2D eigenvalue weighted by molar-refractivity contribution is 5.89. The van der Waals surface area contributed by atoms with Crippen LogP contribution in [0.25, 0.3) is 27.8 Å². The Hall–Kier alpha value is -3.02. The van der Waals surface area contributed by atoms with E-state index in [1.807, 2.05) is 18.2 Å². The second kappa shape index (κ2) is 4.77.